The number of rotatable bonds is 3. The van der Waals surface area contributed by atoms with Gasteiger partial charge >= 0.3 is 12.2 Å². The van der Waals surface area contributed by atoms with Crippen LogP contribution in [0.15, 0.2) is 24.3 Å². The fourth-order valence-corrected chi connectivity index (χ4v) is 2.77. The van der Waals surface area contributed by atoms with Gasteiger partial charge in [0.15, 0.2) is 0 Å². The van der Waals surface area contributed by atoms with Gasteiger partial charge in [0.05, 0.1) is 12.1 Å². The molecule has 0 spiro atoms. The molecule has 5 N–H and O–H groups in total. The van der Waals surface area contributed by atoms with E-state index >= 15 is 0 Å². The standard InChI is InChI=1S/C11H20N2O2.C10H18N2O2/c1-11(2,3)15-10(14)13-9-6-5-8(7-9)12-4;1-10(2,3)14-9(13)12-8-5-4-7(11)6-8/h5-6,8-9,12H,7H2,1-4H3,(H,13,14);4-5,7-8H,6,11H2,1-3H3,(H,12,13)/t8-,9+;7-,8+/m11/s1. The molecule has 2 rings (SSSR count). The number of hydrogen-bond donors (Lipinski definition) is 4. The maximum Gasteiger partial charge on any atom is 0.408 e. The zero-order chi connectivity index (χ0) is 22.2. The molecule has 0 fully saturated rings. The minimum Gasteiger partial charge on any atom is -0.444 e. The van der Waals surface area contributed by atoms with Gasteiger partial charge in [-0.25, -0.2) is 9.59 Å². The van der Waals surface area contributed by atoms with Gasteiger partial charge < -0.3 is 31.2 Å². The van der Waals surface area contributed by atoms with Crippen molar-refractivity contribution >= 4 is 12.2 Å². The van der Waals surface area contributed by atoms with Crippen LogP contribution in [-0.4, -0.2) is 54.6 Å². The number of likely N-dealkylation sites (N-methyl/N-ethyl adjacent to an activating group) is 1. The van der Waals surface area contributed by atoms with E-state index in [0.717, 1.165) is 12.8 Å². The van der Waals surface area contributed by atoms with Gasteiger partial charge in [-0.15, -0.1) is 0 Å². The molecule has 2 aliphatic carbocycles. The van der Waals surface area contributed by atoms with Crippen molar-refractivity contribution in [2.45, 2.75) is 89.8 Å². The Morgan fingerprint density at radius 2 is 1.21 bits per heavy atom. The Bertz CT molecular complexity index is 605. The predicted octanol–water partition coefficient (Wildman–Crippen LogP) is 2.59. The minimum atomic E-state index is -0.450. The van der Waals surface area contributed by atoms with Crippen LogP contribution in [0.3, 0.4) is 0 Å². The quantitative estimate of drug-likeness (QED) is 0.532. The summed E-state index contributed by atoms with van der Waals surface area (Å²) in [5, 5.41) is 8.69. The van der Waals surface area contributed by atoms with E-state index in [1.54, 1.807) is 0 Å². The van der Waals surface area contributed by atoms with E-state index in [-0.39, 0.29) is 30.3 Å². The molecule has 0 bridgehead atoms. The van der Waals surface area contributed by atoms with Crippen LogP contribution in [-0.2, 0) is 9.47 Å². The minimum absolute atomic E-state index is 0.0137. The monoisotopic (exact) mass is 410 g/mol. The molecule has 0 aliphatic heterocycles. The summed E-state index contributed by atoms with van der Waals surface area (Å²) in [4.78, 5) is 22.7. The molecule has 2 aliphatic rings. The number of hydrogen-bond acceptors (Lipinski definition) is 6. The van der Waals surface area contributed by atoms with Crippen molar-refractivity contribution in [2.75, 3.05) is 7.05 Å². The van der Waals surface area contributed by atoms with Crippen molar-refractivity contribution < 1.29 is 19.1 Å². The van der Waals surface area contributed by atoms with E-state index in [1.807, 2.05) is 66.8 Å². The largest absolute Gasteiger partial charge is 0.444 e. The van der Waals surface area contributed by atoms with Crippen molar-refractivity contribution in [1.82, 2.24) is 16.0 Å². The Kier molecular flexibility index (Phi) is 9.16. The van der Waals surface area contributed by atoms with Crippen LogP contribution >= 0.6 is 0 Å². The summed E-state index contributed by atoms with van der Waals surface area (Å²) in [5.74, 6) is 0. The Labute approximate surface area is 174 Å². The topological polar surface area (TPSA) is 115 Å². The molecular formula is C21H38N4O4. The van der Waals surface area contributed by atoms with Gasteiger partial charge in [-0.05, 0) is 61.4 Å². The summed E-state index contributed by atoms with van der Waals surface area (Å²) in [6, 6.07) is 0.497. The van der Waals surface area contributed by atoms with Crippen LogP contribution in [0.1, 0.15) is 54.4 Å². The Morgan fingerprint density at radius 3 is 1.55 bits per heavy atom. The number of ether oxygens (including phenoxy) is 2. The third-order valence-corrected chi connectivity index (χ3v) is 3.98. The third kappa shape index (κ3) is 11.5. The lowest BCUT2D eigenvalue weighted by Crippen LogP contribution is -2.38. The molecule has 0 saturated heterocycles. The van der Waals surface area contributed by atoms with Crippen LogP contribution in [0, 0.1) is 0 Å². The van der Waals surface area contributed by atoms with Gasteiger partial charge in [0, 0.05) is 12.1 Å². The average Bonchev–Trinajstić information content (AvgIpc) is 3.13. The zero-order valence-electron chi connectivity index (χ0n) is 18.7. The molecular weight excluding hydrogens is 372 g/mol. The van der Waals surface area contributed by atoms with Crippen LogP contribution in [0.25, 0.3) is 0 Å². The van der Waals surface area contributed by atoms with E-state index in [2.05, 4.69) is 22.0 Å². The highest BCUT2D eigenvalue weighted by Gasteiger charge is 2.23. The lowest BCUT2D eigenvalue weighted by atomic mass is 10.2. The van der Waals surface area contributed by atoms with Gasteiger partial charge in [-0.3, -0.25) is 0 Å². The van der Waals surface area contributed by atoms with E-state index in [0.29, 0.717) is 6.04 Å². The molecule has 0 unspecified atom stereocenters. The first-order valence-electron chi connectivity index (χ1n) is 10.1. The summed E-state index contributed by atoms with van der Waals surface area (Å²) < 4.78 is 10.3. The predicted molar refractivity (Wildman–Crippen MR) is 115 cm³/mol. The van der Waals surface area contributed by atoms with Gasteiger partial charge in [0.25, 0.3) is 0 Å². The molecule has 0 heterocycles. The molecule has 166 valence electrons. The number of nitrogens with two attached hydrogens (primary N) is 1. The van der Waals surface area contributed by atoms with Crippen molar-refractivity contribution in [3.8, 4) is 0 Å². The second-order valence-corrected chi connectivity index (χ2v) is 9.31. The molecule has 8 nitrogen and oxygen atoms in total. The molecule has 0 radical (unpaired) electrons. The highest BCUT2D eigenvalue weighted by atomic mass is 16.6. The summed E-state index contributed by atoms with van der Waals surface area (Å²) >= 11 is 0. The second-order valence-electron chi connectivity index (χ2n) is 9.31. The first kappa shape index (κ1) is 25.0. The third-order valence-electron chi connectivity index (χ3n) is 3.98. The van der Waals surface area contributed by atoms with E-state index in [4.69, 9.17) is 15.2 Å². The normalized spacial score (nSPS) is 25.8. The molecule has 8 heteroatoms. The lowest BCUT2D eigenvalue weighted by molar-refractivity contribution is 0.0501. The zero-order valence-corrected chi connectivity index (χ0v) is 18.7. The summed E-state index contributed by atoms with van der Waals surface area (Å²) in [7, 11) is 1.91. The summed E-state index contributed by atoms with van der Waals surface area (Å²) in [5.41, 5.74) is 4.76. The molecule has 0 aromatic rings. The van der Waals surface area contributed by atoms with Gasteiger partial charge in [-0.1, -0.05) is 24.3 Å². The van der Waals surface area contributed by atoms with Crippen molar-refractivity contribution in [1.29, 1.82) is 0 Å². The first-order valence-corrected chi connectivity index (χ1v) is 10.1. The fraction of sp³-hybridized carbons (Fsp3) is 0.714. The van der Waals surface area contributed by atoms with Crippen LogP contribution < -0.4 is 21.7 Å². The number of carbonyl (C=O) groups excluding carboxylic acids is 2. The molecule has 0 aromatic carbocycles. The number of carbonyl (C=O) groups is 2. The second kappa shape index (κ2) is 10.6. The maximum absolute atomic E-state index is 11.4. The summed E-state index contributed by atoms with van der Waals surface area (Å²) in [6.07, 6.45) is 8.73. The van der Waals surface area contributed by atoms with Gasteiger partial charge in [-0.2, -0.15) is 0 Å². The molecule has 0 saturated carbocycles. The Balaban J connectivity index is 0.000000291. The summed E-state index contributed by atoms with van der Waals surface area (Å²) in [6.45, 7) is 11.1. The number of nitrogens with one attached hydrogen (secondary N) is 3. The average molecular weight is 411 g/mol. The lowest BCUT2D eigenvalue weighted by Gasteiger charge is -2.21. The maximum atomic E-state index is 11.4. The van der Waals surface area contributed by atoms with E-state index in [9.17, 15) is 9.59 Å². The first-order chi connectivity index (χ1) is 13.3. The highest BCUT2D eigenvalue weighted by Crippen LogP contribution is 2.13. The smallest absolute Gasteiger partial charge is 0.408 e. The van der Waals surface area contributed by atoms with Crippen molar-refractivity contribution in [3.05, 3.63) is 24.3 Å². The van der Waals surface area contributed by atoms with Crippen molar-refractivity contribution in [3.63, 3.8) is 0 Å². The van der Waals surface area contributed by atoms with E-state index in [1.165, 1.54) is 0 Å². The van der Waals surface area contributed by atoms with Gasteiger partial charge in [0.2, 0.25) is 0 Å². The van der Waals surface area contributed by atoms with Crippen LogP contribution in [0.2, 0.25) is 0 Å². The molecule has 0 aromatic heterocycles. The Morgan fingerprint density at radius 1 is 0.793 bits per heavy atom. The van der Waals surface area contributed by atoms with Crippen LogP contribution in [0.5, 0.6) is 0 Å². The number of amides is 2. The van der Waals surface area contributed by atoms with E-state index < -0.39 is 11.2 Å². The molecule has 2 amide bonds. The van der Waals surface area contributed by atoms with Crippen LogP contribution in [0.4, 0.5) is 9.59 Å². The fourth-order valence-electron chi connectivity index (χ4n) is 2.77. The number of alkyl carbamates (subject to hydrolysis) is 2. The molecule has 29 heavy (non-hydrogen) atoms. The highest BCUT2D eigenvalue weighted by molar-refractivity contribution is 5.69. The van der Waals surface area contributed by atoms with Crippen molar-refractivity contribution in [2.24, 2.45) is 5.73 Å². The van der Waals surface area contributed by atoms with Gasteiger partial charge in [0.1, 0.15) is 11.2 Å². The molecule has 4 atom stereocenters. The Hall–Kier alpha value is -2.06. The SMILES string of the molecule is CC(C)(C)OC(=O)N[C@H]1C=C[C@@H](N)C1.CN[C@@H]1C=C[C@H](NC(=O)OC(C)(C)C)C1.